The molecule has 1 N–H and O–H groups in total. The molecule has 5 atom stereocenters. The van der Waals surface area contributed by atoms with E-state index in [4.69, 9.17) is 4.74 Å². The molecule has 0 aromatic heterocycles. The number of ketones is 1. The standard InChI is InChI=1S/C19H24O3/c1-19-8-7-14-13-6-4-12(20)9-11(13)3-5-15(14)16(19)10-17(21)18(19)22-2/h4,6,9,14-16,18,20H,3,5,7-8,10H2,1-2H3/t14-,15-,16+,18?,19+/m1/s1. The van der Waals surface area contributed by atoms with Crippen LogP contribution in [0.2, 0.25) is 0 Å². The third-order valence-electron chi connectivity index (χ3n) is 6.70. The average molecular weight is 300 g/mol. The van der Waals surface area contributed by atoms with Crippen molar-refractivity contribution in [3.05, 3.63) is 29.3 Å². The first kappa shape index (κ1) is 14.3. The molecule has 2 saturated carbocycles. The Morgan fingerprint density at radius 3 is 2.91 bits per heavy atom. The molecule has 1 aromatic carbocycles. The largest absolute Gasteiger partial charge is 0.508 e. The molecule has 0 saturated heterocycles. The van der Waals surface area contributed by atoms with Crippen LogP contribution < -0.4 is 0 Å². The second kappa shape index (κ2) is 4.82. The summed E-state index contributed by atoms with van der Waals surface area (Å²) < 4.78 is 5.58. The van der Waals surface area contributed by atoms with Crippen molar-refractivity contribution in [2.24, 2.45) is 17.3 Å². The van der Waals surface area contributed by atoms with Crippen LogP contribution in [0.4, 0.5) is 0 Å². The van der Waals surface area contributed by atoms with Gasteiger partial charge in [0, 0.05) is 18.9 Å². The predicted octanol–water partition coefficient (Wildman–Crippen LogP) is 3.44. The van der Waals surface area contributed by atoms with Gasteiger partial charge in [-0.2, -0.15) is 0 Å². The zero-order valence-corrected chi connectivity index (χ0v) is 13.3. The summed E-state index contributed by atoms with van der Waals surface area (Å²) in [4.78, 5) is 12.4. The van der Waals surface area contributed by atoms with Crippen LogP contribution in [0.25, 0.3) is 0 Å². The molecule has 3 aliphatic rings. The van der Waals surface area contributed by atoms with Gasteiger partial charge >= 0.3 is 0 Å². The van der Waals surface area contributed by atoms with Gasteiger partial charge in [0.1, 0.15) is 11.9 Å². The Morgan fingerprint density at radius 1 is 1.32 bits per heavy atom. The lowest BCUT2D eigenvalue weighted by Crippen LogP contribution is -2.45. The van der Waals surface area contributed by atoms with Crippen molar-refractivity contribution in [2.45, 2.75) is 51.0 Å². The first-order valence-corrected chi connectivity index (χ1v) is 8.42. The van der Waals surface area contributed by atoms with Crippen LogP contribution in [0.1, 0.15) is 49.7 Å². The number of phenolic OH excluding ortho intramolecular Hbond substituents is 1. The van der Waals surface area contributed by atoms with Crippen LogP contribution in [0, 0.1) is 17.3 Å². The lowest BCUT2D eigenvalue weighted by atomic mass is 9.55. The number of benzene rings is 1. The number of ether oxygens (including phenoxy) is 1. The SMILES string of the molecule is COC1C(=O)C[C@H]2[C@@H]3CCc4cc(O)ccc4[C@H]3CC[C@]12C. The molecule has 4 rings (SSSR count). The maximum Gasteiger partial charge on any atom is 0.162 e. The first-order chi connectivity index (χ1) is 10.5. The molecule has 1 aromatic rings. The quantitative estimate of drug-likeness (QED) is 0.864. The zero-order valence-electron chi connectivity index (χ0n) is 13.3. The molecule has 0 bridgehead atoms. The summed E-state index contributed by atoms with van der Waals surface area (Å²) in [7, 11) is 1.68. The minimum absolute atomic E-state index is 0.0153. The second-order valence-electron chi connectivity index (χ2n) is 7.63. The number of aryl methyl sites for hydroxylation is 1. The molecule has 3 heteroatoms. The van der Waals surface area contributed by atoms with Crippen molar-refractivity contribution in [1.29, 1.82) is 0 Å². The van der Waals surface area contributed by atoms with Crippen LogP contribution in [-0.2, 0) is 16.0 Å². The number of carbonyl (C=O) groups excluding carboxylic acids is 1. The van der Waals surface area contributed by atoms with Crippen molar-refractivity contribution in [3.8, 4) is 5.75 Å². The summed E-state index contributed by atoms with van der Waals surface area (Å²) in [5.41, 5.74) is 2.73. The van der Waals surface area contributed by atoms with E-state index in [1.54, 1.807) is 7.11 Å². The fourth-order valence-corrected chi connectivity index (χ4v) is 5.72. The van der Waals surface area contributed by atoms with Crippen LogP contribution >= 0.6 is 0 Å². The van der Waals surface area contributed by atoms with Crippen molar-refractivity contribution < 1.29 is 14.6 Å². The number of carbonyl (C=O) groups is 1. The maximum absolute atomic E-state index is 12.4. The summed E-state index contributed by atoms with van der Waals surface area (Å²) in [6.07, 6.45) is 4.81. The number of aromatic hydroxyl groups is 1. The molecule has 0 heterocycles. The van der Waals surface area contributed by atoms with Crippen molar-refractivity contribution in [1.82, 2.24) is 0 Å². The van der Waals surface area contributed by atoms with Crippen LogP contribution in [-0.4, -0.2) is 24.1 Å². The van der Waals surface area contributed by atoms with Crippen LogP contribution in [0.15, 0.2) is 18.2 Å². The highest BCUT2D eigenvalue weighted by molar-refractivity contribution is 5.87. The van der Waals surface area contributed by atoms with Gasteiger partial charge in [-0.1, -0.05) is 13.0 Å². The molecular weight excluding hydrogens is 276 g/mol. The second-order valence-corrected chi connectivity index (χ2v) is 7.63. The smallest absolute Gasteiger partial charge is 0.162 e. The number of rotatable bonds is 1. The number of Topliss-reactive ketones (excluding diaryl/α,β-unsaturated/α-hetero) is 1. The highest BCUT2D eigenvalue weighted by atomic mass is 16.5. The average Bonchev–Trinajstić information content (AvgIpc) is 2.76. The van der Waals surface area contributed by atoms with E-state index in [0.717, 1.165) is 25.7 Å². The molecular formula is C19H24O3. The van der Waals surface area contributed by atoms with Gasteiger partial charge in [-0.25, -0.2) is 0 Å². The monoisotopic (exact) mass is 300 g/mol. The number of methoxy groups -OCH3 is 1. The Hall–Kier alpha value is -1.35. The van der Waals surface area contributed by atoms with E-state index in [1.807, 2.05) is 12.1 Å². The van der Waals surface area contributed by atoms with Crippen molar-refractivity contribution >= 4 is 5.78 Å². The molecule has 118 valence electrons. The summed E-state index contributed by atoms with van der Waals surface area (Å²) in [6.45, 7) is 2.26. The predicted molar refractivity (Wildman–Crippen MR) is 83.9 cm³/mol. The van der Waals surface area contributed by atoms with Gasteiger partial charge in [-0.15, -0.1) is 0 Å². The number of hydrogen-bond acceptors (Lipinski definition) is 3. The number of phenols is 1. The molecule has 1 unspecified atom stereocenters. The molecule has 22 heavy (non-hydrogen) atoms. The van der Waals surface area contributed by atoms with Gasteiger partial charge < -0.3 is 9.84 Å². The number of fused-ring (bicyclic) bond motifs is 5. The van der Waals surface area contributed by atoms with Gasteiger partial charge in [0.15, 0.2) is 5.78 Å². The fraction of sp³-hybridized carbons (Fsp3) is 0.632. The Morgan fingerprint density at radius 2 is 2.14 bits per heavy atom. The Bertz CT molecular complexity index is 623. The van der Waals surface area contributed by atoms with E-state index >= 15 is 0 Å². The van der Waals surface area contributed by atoms with Crippen molar-refractivity contribution in [2.75, 3.05) is 7.11 Å². The number of hydrogen-bond donors (Lipinski definition) is 1. The van der Waals surface area contributed by atoms with E-state index in [2.05, 4.69) is 13.0 Å². The molecule has 0 radical (unpaired) electrons. The summed E-state index contributed by atoms with van der Waals surface area (Å²) in [5.74, 6) is 2.25. The third-order valence-corrected chi connectivity index (χ3v) is 6.70. The Balaban J connectivity index is 1.71. The van der Waals surface area contributed by atoms with E-state index in [1.165, 1.54) is 11.1 Å². The van der Waals surface area contributed by atoms with Gasteiger partial charge in [0.25, 0.3) is 0 Å². The van der Waals surface area contributed by atoms with Crippen LogP contribution in [0.3, 0.4) is 0 Å². The zero-order chi connectivity index (χ0) is 15.5. The normalized spacial score (nSPS) is 40.0. The summed E-state index contributed by atoms with van der Waals surface area (Å²) in [5, 5.41) is 9.72. The molecule has 0 amide bonds. The van der Waals surface area contributed by atoms with Gasteiger partial charge in [-0.3, -0.25) is 4.79 Å². The van der Waals surface area contributed by atoms with E-state index < -0.39 is 0 Å². The Labute approximate surface area is 131 Å². The van der Waals surface area contributed by atoms with E-state index in [0.29, 0.717) is 35.7 Å². The highest BCUT2D eigenvalue weighted by Gasteiger charge is 2.58. The molecule has 3 nitrogen and oxygen atoms in total. The highest BCUT2D eigenvalue weighted by Crippen LogP contribution is 2.60. The maximum atomic E-state index is 12.4. The minimum atomic E-state index is -0.209. The lowest BCUT2D eigenvalue weighted by Gasteiger charge is -2.49. The fourth-order valence-electron chi connectivity index (χ4n) is 5.72. The minimum Gasteiger partial charge on any atom is -0.508 e. The first-order valence-electron chi connectivity index (χ1n) is 8.42. The topological polar surface area (TPSA) is 46.5 Å². The third kappa shape index (κ3) is 1.81. The van der Waals surface area contributed by atoms with Gasteiger partial charge in [0.2, 0.25) is 0 Å². The van der Waals surface area contributed by atoms with Crippen LogP contribution in [0.5, 0.6) is 5.75 Å². The molecule has 3 aliphatic carbocycles. The summed E-state index contributed by atoms with van der Waals surface area (Å²) in [6, 6.07) is 5.85. The van der Waals surface area contributed by atoms with Crippen molar-refractivity contribution in [3.63, 3.8) is 0 Å². The molecule has 0 aliphatic heterocycles. The summed E-state index contributed by atoms with van der Waals surface area (Å²) >= 11 is 0. The Kier molecular flexibility index (Phi) is 3.12. The van der Waals surface area contributed by atoms with Gasteiger partial charge in [0.05, 0.1) is 0 Å². The molecule has 0 spiro atoms. The molecule has 2 fully saturated rings. The van der Waals surface area contributed by atoms with E-state index in [9.17, 15) is 9.90 Å². The lowest BCUT2D eigenvalue weighted by molar-refractivity contribution is -0.130. The van der Waals surface area contributed by atoms with E-state index in [-0.39, 0.29) is 11.5 Å². The van der Waals surface area contributed by atoms with Gasteiger partial charge in [-0.05, 0) is 66.7 Å².